The average Bonchev–Trinajstić information content (AvgIpc) is 2.96. The Morgan fingerprint density at radius 2 is 1.67 bits per heavy atom. The van der Waals surface area contributed by atoms with Crippen molar-refractivity contribution in [3.05, 3.63) is 42.5 Å². The fourth-order valence-electron chi connectivity index (χ4n) is 3.47. The maximum atomic E-state index is 5.66. The van der Waals surface area contributed by atoms with Crippen LogP contribution in [-0.2, 0) is 0 Å². The number of rotatable bonds is 3. The van der Waals surface area contributed by atoms with Crippen LogP contribution in [0, 0.1) is 0 Å². The number of benzene rings is 2. The van der Waals surface area contributed by atoms with Gasteiger partial charge in [-0.3, -0.25) is 0 Å². The van der Waals surface area contributed by atoms with Crippen LogP contribution >= 0.6 is 23.6 Å². The molecule has 0 unspecified atom stereocenters. The summed E-state index contributed by atoms with van der Waals surface area (Å²) >= 11 is 7.34. The lowest BCUT2D eigenvalue weighted by atomic mass is 10.2. The predicted octanol–water partition coefficient (Wildman–Crippen LogP) is 5.81. The lowest BCUT2D eigenvalue weighted by Crippen LogP contribution is -2.44. The first-order valence-electron chi connectivity index (χ1n) is 9.12. The molecule has 2 heterocycles. The fraction of sp³-hybridized carbons (Fsp3) is 0.286. The number of nitrogens with one attached hydrogen (secondary N) is 1. The van der Waals surface area contributed by atoms with Gasteiger partial charge >= 0.3 is 0 Å². The molecule has 4 nitrogen and oxygen atoms in total. The summed E-state index contributed by atoms with van der Waals surface area (Å²) in [4.78, 5) is 12.8. The number of thiocarbonyl (C=S) groups is 1. The Morgan fingerprint density at radius 3 is 2.33 bits per heavy atom. The molecule has 0 saturated carbocycles. The Kier molecular flexibility index (Phi) is 4.70. The van der Waals surface area contributed by atoms with Crippen molar-refractivity contribution in [1.29, 1.82) is 0 Å². The third-order valence-electron chi connectivity index (χ3n) is 4.58. The third-order valence-corrected chi connectivity index (χ3v) is 5.95. The molecule has 0 spiro atoms. The van der Waals surface area contributed by atoms with E-state index >= 15 is 0 Å². The summed E-state index contributed by atoms with van der Waals surface area (Å²) in [6.07, 6.45) is 0. The van der Waals surface area contributed by atoms with E-state index in [4.69, 9.17) is 22.2 Å². The third kappa shape index (κ3) is 3.35. The van der Waals surface area contributed by atoms with Crippen molar-refractivity contribution in [3.63, 3.8) is 0 Å². The highest BCUT2D eigenvalue weighted by atomic mass is 32.1. The average molecular weight is 395 g/mol. The largest absolute Gasteiger partial charge is 0.344 e. The molecule has 0 radical (unpaired) electrons. The molecule has 4 aromatic rings. The topological polar surface area (TPSA) is 41.0 Å². The van der Waals surface area contributed by atoms with Crippen LogP contribution in [0.25, 0.3) is 31.5 Å². The minimum absolute atomic E-state index is 0.341. The van der Waals surface area contributed by atoms with Gasteiger partial charge in [0.05, 0.1) is 11.0 Å². The van der Waals surface area contributed by atoms with Crippen molar-refractivity contribution >= 4 is 65.8 Å². The monoisotopic (exact) mass is 394 g/mol. The minimum Gasteiger partial charge on any atom is -0.344 e. The van der Waals surface area contributed by atoms with Gasteiger partial charge in [-0.05, 0) is 70.2 Å². The van der Waals surface area contributed by atoms with E-state index in [1.807, 2.05) is 24.3 Å². The molecule has 0 amide bonds. The van der Waals surface area contributed by atoms with Crippen molar-refractivity contribution in [2.45, 2.75) is 39.8 Å². The maximum Gasteiger partial charge on any atom is 0.173 e. The molecule has 138 valence electrons. The van der Waals surface area contributed by atoms with Gasteiger partial charge in [0.2, 0.25) is 0 Å². The van der Waals surface area contributed by atoms with Crippen molar-refractivity contribution in [2.24, 2.45) is 0 Å². The molecule has 1 N–H and O–H groups in total. The molecule has 2 aromatic carbocycles. The van der Waals surface area contributed by atoms with Gasteiger partial charge in [-0.2, -0.15) is 0 Å². The van der Waals surface area contributed by atoms with Gasteiger partial charge in [0.25, 0.3) is 0 Å². The number of hydrogen-bond acceptors (Lipinski definition) is 4. The van der Waals surface area contributed by atoms with Gasteiger partial charge in [-0.15, -0.1) is 11.3 Å². The normalized spacial score (nSPS) is 11.8. The van der Waals surface area contributed by atoms with E-state index in [2.05, 4.69) is 56.1 Å². The number of hydrogen-bond donors (Lipinski definition) is 1. The van der Waals surface area contributed by atoms with Crippen LogP contribution in [-0.4, -0.2) is 32.1 Å². The fourth-order valence-corrected chi connectivity index (χ4v) is 5.02. The van der Waals surface area contributed by atoms with Gasteiger partial charge in [-0.1, -0.05) is 12.1 Å². The molecule has 0 aliphatic heterocycles. The van der Waals surface area contributed by atoms with Gasteiger partial charge in [-0.25, -0.2) is 9.97 Å². The molecule has 0 saturated heterocycles. The zero-order chi connectivity index (χ0) is 19.1. The van der Waals surface area contributed by atoms with E-state index in [9.17, 15) is 0 Å². The quantitative estimate of drug-likeness (QED) is 0.444. The summed E-state index contributed by atoms with van der Waals surface area (Å²) in [7, 11) is 0. The highest BCUT2D eigenvalue weighted by molar-refractivity contribution is 7.80. The Balaban J connectivity index is 1.76. The molecule has 0 bridgehead atoms. The number of nitrogens with zero attached hydrogens (tertiary/aromatic N) is 3. The molecule has 27 heavy (non-hydrogen) atoms. The molecule has 0 atom stereocenters. The van der Waals surface area contributed by atoms with Crippen LogP contribution in [0.5, 0.6) is 0 Å². The van der Waals surface area contributed by atoms with Crippen LogP contribution in [0.3, 0.4) is 0 Å². The van der Waals surface area contributed by atoms with E-state index in [0.29, 0.717) is 12.1 Å². The highest BCUT2D eigenvalue weighted by Crippen LogP contribution is 2.34. The van der Waals surface area contributed by atoms with Crippen molar-refractivity contribution < 1.29 is 0 Å². The lowest BCUT2D eigenvalue weighted by Gasteiger charge is -2.33. The summed E-state index contributed by atoms with van der Waals surface area (Å²) < 4.78 is 1.18. The second-order valence-corrected chi connectivity index (χ2v) is 8.62. The Labute approximate surface area is 168 Å². The lowest BCUT2D eigenvalue weighted by molar-refractivity contribution is 0.296. The molecule has 0 aliphatic carbocycles. The van der Waals surface area contributed by atoms with Gasteiger partial charge < -0.3 is 10.2 Å². The SMILES string of the molecule is CC(C)N(C(=S)Nc1ccc2sc3nc4ccccc4nc3c2c1)C(C)C. The van der Waals surface area contributed by atoms with E-state index in [-0.39, 0.29) is 0 Å². The Bertz CT molecular complexity index is 1140. The predicted molar refractivity (Wildman–Crippen MR) is 121 cm³/mol. The summed E-state index contributed by atoms with van der Waals surface area (Å²) in [5, 5.41) is 5.26. The molecular weight excluding hydrogens is 372 g/mol. The van der Waals surface area contributed by atoms with E-state index in [0.717, 1.165) is 37.6 Å². The molecule has 0 aliphatic rings. The smallest absolute Gasteiger partial charge is 0.173 e. The van der Waals surface area contributed by atoms with Crippen LogP contribution in [0.4, 0.5) is 5.69 Å². The second-order valence-electron chi connectivity index (χ2n) is 7.20. The summed E-state index contributed by atoms with van der Waals surface area (Å²) in [6.45, 7) is 8.63. The van der Waals surface area contributed by atoms with Crippen molar-refractivity contribution in [2.75, 3.05) is 5.32 Å². The van der Waals surface area contributed by atoms with Crippen molar-refractivity contribution in [1.82, 2.24) is 14.9 Å². The minimum atomic E-state index is 0.341. The summed E-state index contributed by atoms with van der Waals surface area (Å²) in [6, 6.07) is 15.0. The van der Waals surface area contributed by atoms with Crippen LogP contribution in [0.1, 0.15) is 27.7 Å². The maximum absolute atomic E-state index is 5.66. The van der Waals surface area contributed by atoms with Crippen LogP contribution in [0.2, 0.25) is 0 Å². The first-order chi connectivity index (χ1) is 12.9. The Hall–Kier alpha value is -2.31. The van der Waals surface area contributed by atoms with Gasteiger partial charge in [0.15, 0.2) is 5.11 Å². The van der Waals surface area contributed by atoms with Crippen LogP contribution < -0.4 is 5.32 Å². The molecule has 2 aromatic heterocycles. The Morgan fingerprint density at radius 1 is 1.00 bits per heavy atom. The summed E-state index contributed by atoms with van der Waals surface area (Å²) in [5.41, 5.74) is 3.78. The number of thiophene rings is 1. The standard InChI is InChI=1S/C21H22N4S2/c1-12(2)25(13(3)4)21(26)22-14-9-10-18-15(11-14)19-20(27-18)24-17-8-6-5-7-16(17)23-19/h5-13H,1-4H3,(H,22,26). The first kappa shape index (κ1) is 18.1. The molecule has 6 heteroatoms. The number of anilines is 1. The van der Waals surface area contributed by atoms with Crippen molar-refractivity contribution in [3.8, 4) is 0 Å². The molecule has 4 rings (SSSR count). The van der Waals surface area contributed by atoms with Crippen LogP contribution in [0.15, 0.2) is 42.5 Å². The first-order valence-corrected chi connectivity index (χ1v) is 10.3. The van der Waals surface area contributed by atoms with E-state index in [1.54, 1.807) is 11.3 Å². The number of fused-ring (bicyclic) bond motifs is 4. The number of para-hydroxylation sites is 2. The van der Waals surface area contributed by atoms with E-state index in [1.165, 1.54) is 4.70 Å². The molecule has 0 fully saturated rings. The summed E-state index contributed by atoms with van der Waals surface area (Å²) in [5.74, 6) is 0. The number of aromatic nitrogens is 2. The van der Waals surface area contributed by atoms with Gasteiger partial charge in [0.1, 0.15) is 10.3 Å². The zero-order valence-corrected chi connectivity index (χ0v) is 17.5. The molecular formula is C21H22N4S2. The van der Waals surface area contributed by atoms with E-state index < -0.39 is 0 Å². The second kappa shape index (κ2) is 7.02. The van der Waals surface area contributed by atoms with Gasteiger partial charge in [0, 0.05) is 27.9 Å². The zero-order valence-electron chi connectivity index (χ0n) is 15.9. The highest BCUT2D eigenvalue weighted by Gasteiger charge is 2.17.